The Balaban J connectivity index is 2.93. The first kappa shape index (κ1) is 10.5. The van der Waals surface area contributed by atoms with E-state index in [1.54, 1.807) is 32.4 Å². The smallest absolute Gasteiger partial charge is 0.197 e. The summed E-state index contributed by atoms with van der Waals surface area (Å²) in [5, 5.41) is 0. The SMILES string of the molecule is COC1=CC(C=O)C=CC1(Br)OC. The van der Waals surface area contributed by atoms with Crippen LogP contribution in [0, 0.1) is 5.92 Å². The molecule has 72 valence electrons. The molecule has 0 aliphatic heterocycles. The van der Waals surface area contributed by atoms with Crippen molar-refractivity contribution in [3.63, 3.8) is 0 Å². The number of hydrogen-bond donors (Lipinski definition) is 0. The largest absolute Gasteiger partial charge is 0.497 e. The number of ether oxygens (including phenoxy) is 2. The summed E-state index contributed by atoms with van der Waals surface area (Å²) < 4.78 is 9.58. The highest BCUT2D eigenvalue weighted by atomic mass is 79.9. The van der Waals surface area contributed by atoms with Gasteiger partial charge in [0.15, 0.2) is 4.51 Å². The maximum Gasteiger partial charge on any atom is 0.197 e. The molecule has 2 unspecified atom stereocenters. The molecule has 0 heterocycles. The predicted molar refractivity (Wildman–Crippen MR) is 52.5 cm³/mol. The zero-order valence-corrected chi connectivity index (χ0v) is 9.08. The van der Waals surface area contributed by atoms with Gasteiger partial charge in [0.2, 0.25) is 0 Å². The third-order valence-corrected chi connectivity index (χ3v) is 2.87. The van der Waals surface area contributed by atoms with Crippen molar-refractivity contribution < 1.29 is 14.3 Å². The Morgan fingerprint density at radius 2 is 2.31 bits per heavy atom. The van der Waals surface area contributed by atoms with E-state index < -0.39 is 4.51 Å². The van der Waals surface area contributed by atoms with E-state index in [1.165, 1.54) is 0 Å². The van der Waals surface area contributed by atoms with Gasteiger partial charge in [-0.2, -0.15) is 0 Å². The quantitative estimate of drug-likeness (QED) is 0.432. The van der Waals surface area contributed by atoms with Crippen molar-refractivity contribution in [3.8, 4) is 0 Å². The molecular weight excluding hydrogens is 236 g/mol. The highest BCUT2D eigenvalue weighted by molar-refractivity contribution is 9.10. The molecule has 2 atom stereocenters. The lowest BCUT2D eigenvalue weighted by Gasteiger charge is -2.27. The fourth-order valence-corrected chi connectivity index (χ4v) is 1.57. The van der Waals surface area contributed by atoms with Crippen molar-refractivity contribution in [3.05, 3.63) is 24.0 Å². The van der Waals surface area contributed by atoms with E-state index in [2.05, 4.69) is 15.9 Å². The molecule has 0 aromatic heterocycles. The van der Waals surface area contributed by atoms with Gasteiger partial charge in [-0.1, -0.05) is 6.08 Å². The Labute approximate surface area is 85.5 Å². The summed E-state index contributed by atoms with van der Waals surface area (Å²) >= 11 is 3.36. The predicted octanol–water partition coefficient (Wildman–Crippen LogP) is 1.64. The standard InChI is InChI=1S/C9H11BrO3/c1-12-8-5-7(6-11)3-4-9(8,10)13-2/h3-7H,1-2H3. The number of carbonyl (C=O) groups is 1. The number of carbonyl (C=O) groups excluding carboxylic acids is 1. The molecule has 1 rings (SSSR count). The van der Waals surface area contributed by atoms with Gasteiger partial charge in [0.1, 0.15) is 12.0 Å². The fraction of sp³-hybridized carbons (Fsp3) is 0.444. The van der Waals surface area contributed by atoms with Crippen LogP contribution in [0.25, 0.3) is 0 Å². The highest BCUT2D eigenvalue weighted by Crippen LogP contribution is 2.34. The van der Waals surface area contributed by atoms with Gasteiger partial charge in [-0.3, -0.25) is 0 Å². The minimum atomic E-state index is -0.721. The maximum absolute atomic E-state index is 10.5. The van der Waals surface area contributed by atoms with Crippen LogP contribution in [0.1, 0.15) is 0 Å². The lowest BCUT2D eigenvalue weighted by Crippen LogP contribution is -2.28. The average molecular weight is 247 g/mol. The van der Waals surface area contributed by atoms with Gasteiger partial charge in [0, 0.05) is 7.11 Å². The summed E-state index contributed by atoms with van der Waals surface area (Å²) in [7, 11) is 3.11. The van der Waals surface area contributed by atoms with Gasteiger partial charge in [-0.05, 0) is 28.1 Å². The van der Waals surface area contributed by atoms with Crippen LogP contribution < -0.4 is 0 Å². The Hall–Kier alpha value is -0.610. The van der Waals surface area contributed by atoms with E-state index in [0.717, 1.165) is 6.29 Å². The van der Waals surface area contributed by atoms with Crippen LogP contribution in [-0.2, 0) is 14.3 Å². The molecule has 13 heavy (non-hydrogen) atoms. The third-order valence-electron chi connectivity index (χ3n) is 1.89. The van der Waals surface area contributed by atoms with E-state index in [1.807, 2.05) is 0 Å². The van der Waals surface area contributed by atoms with Gasteiger partial charge in [-0.15, -0.1) is 0 Å². The van der Waals surface area contributed by atoms with E-state index in [0.29, 0.717) is 5.76 Å². The third kappa shape index (κ3) is 2.00. The molecule has 1 aliphatic rings. The van der Waals surface area contributed by atoms with Crippen molar-refractivity contribution >= 4 is 22.2 Å². The van der Waals surface area contributed by atoms with Crippen LogP contribution in [0.4, 0.5) is 0 Å². The second kappa shape index (κ2) is 4.07. The van der Waals surface area contributed by atoms with Crippen LogP contribution in [0.3, 0.4) is 0 Å². The van der Waals surface area contributed by atoms with Crippen molar-refractivity contribution in [2.24, 2.45) is 5.92 Å². The maximum atomic E-state index is 10.5. The molecule has 0 aromatic rings. The van der Waals surface area contributed by atoms with Crippen LogP contribution in [0.2, 0.25) is 0 Å². The van der Waals surface area contributed by atoms with Crippen molar-refractivity contribution in [2.45, 2.75) is 4.51 Å². The summed E-state index contributed by atoms with van der Waals surface area (Å²) in [5.41, 5.74) is 0. The Kier molecular flexibility index (Phi) is 3.27. The number of hydrogen-bond acceptors (Lipinski definition) is 3. The second-order valence-electron chi connectivity index (χ2n) is 2.66. The summed E-state index contributed by atoms with van der Waals surface area (Å²) in [4.78, 5) is 10.5. The molecule has 0 bridgehead atoms. The van der Waals surface area contributed by atoms with Crippen molar-refractivity contribution in [2.75, 3.05) is 14.2 Å². The normalized spacial score (nSPS) is 32.5. The number of allylic oxidation sites excluding steroid dienone is 2. The molecule has 0 saturated heterocycles. The number of alkyl halides is 1. The lowest BCUT2D eigenvalue weighted by molar-refractivity contribution is -0.109. The zero-order valence-electron chi connectivity index (χ0n) is 7.49. The van der Waals surface area contributed by atoms with Crippen LogP contribution in [-0.4, -0.2) is 25.0 Å². The Bertz CT molecular complexity index is 260. The van der Waals surface area contributed by atoms with Crippen molar-refractivity contribution in [1.29, 1.82) is 0 Å². The molecule has 0 fully saturated rings. The zero-order chi connectivity index (χ0) is 9.90. The van der Waals surface area contributed by atoms with Crippen LogP contribution in [0.15, 0.2) is 24.0 Å². The molecule has 0 aromatic carbocycles. The minimum Gasteiger partial charge on any atom is -0.497 e. The molecule has 1 aliphatic carbocycles. The van der Waals surface area contributed by atoms with Crippen molar-refractivity contribution in [1.82, 2.24) is 0 Å². The van der Waals surface area contributed by atoms with Crippen LogP contribution in [0.5, 0.6) is 0 Å². The number of halogens is 1. The first-order valence-corrected chi connectivity index (χ1v) is 4.60. The van der Waals surface area contributed by atoms with Gasteiger partial charge in [0.05, 0.1) is 13.0 Å². The van der Waals surface area contributed by atoms with Crippen LogP contribution >= 0.6 is 15.9 Å². The first-order valence-electron chi connectivity index (χ1n) is 3.81. The average Bonchev–Trinajstić information content (AvgIpc) is 2.18. The minimum absolute atomic E-state index is 0.226. The number of rotatable bonds is 3. The molecule has 0 amide bonds. The topological polar surface area (TPSA) is 35.5 Å². The first-order chi connectivity index (χ1) is 6.16. The summed E-state index contributed by atoms with van der Waals surface area (Å²) in [6, 6.07) is 0. The number of aldehydes is 1. The van der Waals surface area contributed by atoms with Gasteiger partial charge < -0.3 is 14.3 Å². The van der Waals surface area contributed by atoms with E-state index in [-0.39, 0.29) is 5.92 Å². The van der Waals surface area contributed by atoms with E-state index in [4.69, 9.17) is 9.47 Å². The summed E-state index contributed by atoms with van der Waals surface area (Å²) in [5.74, 6) is 0.366. The Morgan fingerprint density at radius 1 is 1.62 bits per heavy atom. The van der Waals surface area contributed by atoms with Gasteiger partial charge in [-0.25, -0.2) is 0 Å². The van der Waals surface area contributed by atoms with Gasteiger partial charge >= 0.3 is 0 Å². The molecule has 0 radical (unpaired) electrons. The fourth-order valence-electron chi connectivity index (χ4n) is 1.12. The molecule has 0 saturated carbocycles. The Morgan fingerprint density at radius 3 is 2.77 bits per heavy atom. The van der Waals surface area contributed by atoms with Gasteiger partial charge in [0.25, 0.3) is 0 Å². The second-order valence-corrected chi connectivity index (χ2v) is 3.83. The molecular formula is C9H11BrO3. The molecule has 3 nitrogen and oxygen atoms in total. The number of methoxy groups -OCH3 is 2. The molecule has 4 heteroatoms. The molecule has 0 N–H and O–H groups in total. The monoisotopic (exact) mass is 246 g/mol. The van der Waals surface area contributed by atoms with E-state index >= 15 is 0 Å². The molecule has 0 spiro atoms. The highest BCUT2D eigenvalue weighted by Gasteiger charge is 2.32. The summed E-state index contributed by atoms with van der Waals surface area (Å²) in [6.45, 7) is 0. The van der Waals surface area contributed by atoms with E-state index in [9.17, 15) is 4.79 Å². The summed E-state index contributed by atoms with van der Waals surface area (Å²) in [6.07, 6.45) is 6.07. The lowest BCUT2D eigenvalue weighted by atomic mass is 10.0.